The van der Waals surface area contributed by atoms with Crippen LogP contribution in [0.3, 0.4) is 0 Å². The highest BCUT2D eigenvalue weighted by Crippen LogP contribution is 2.21. The fourth-order valence-corrected chi connectivity index (χ4v) is 1.43. The molecule has 0 saturated heterocycles. The molecule has 0 spiro atoms. The molecule has 0 radical (unpaired) electrons. The van der Waals surface area contributed by atoms with Gasteiger partial charge in [0.2, 0.25) is 0 Å². The third-order valence-corrected chi connectivity index (χ3v) is 2.01. The van der Waals surface area contributed by atoms with Crippen molar-refractivity contribution in [3.05, 3.63) is 17.3 Å². The van der Waals surface area contributed by atoms with Crippen LogP contribution >= 0.6 is 0 Å². The molecule has 6 heteroatoms. The van der Waals surface area contributed by atoms with E-state index in [1.807, 2.05) is 0 Å². The SMILES string of the molecule is NCc1c[nH]c2c1C(N)=NC(N)N2. The number of anilines is 1. The van der Waals surface area contributed by atoms with E-state index in [1.165, 1.54) is 0 Å². The number of aromatic amines is 1. The van der Waals surface area contributed by atoms with Gasteiger partial charge in [-0.15, -0.1) is 0 Å². The smallest absolute Gasteiger partial charge is 0.174 e. The van der Waals surface area contributed by atoms with E-state index in [1.54, 1.807) is 6.20 Å². The Kier molecular flexibility index (Phi) is 1.71. The van der Waals surface area contributed by atoms with Gasteiger partial charge in [0.25, 0.3) is 0 Å². The predicted octanol–water partition coefficient (Wildman–Crippen LogP) is -1.15. The van der Waals surface area contributed by atoms with Crippen LogP contribution in [0.1, 0.15) is 11.1 Å². The zero-order chi connectivity index (χ0) is 9.42. The molecule has 1 aliphatic heterocycles. The van der Waals surface area contributed by atoms with Gasteiger partial charge in [-0.05, 0) is 5.56 Å². The molecule has 0 saturated carbocycles. The van der Waals surface area contributed by atoms with Crippen LogP contribution in [0.5, 0.6) is 0 Å². The first kappa shape index (κ1) is 8.09. The van der Waals surface area contributed by atoms with Gasteiger partial charge in [-0.2, -0.15) is 0 Å². The number of nitrogens with zero attached hydrogens (tertiary/aromatic N) is 1. The third-order valence-electron chi connectivity index (χ3n) is 2.01. The quantitative estimate of drug-likeness (QED) is 0.375. The summed E-state index contributed by atoms with van der Waals surface area (Å²) >= 11 is 0. The fourth-order valence-electron chi connectivity index (χ4n) is 1.43. The van der Waals surface area contributed by atoms with Crippen LogP contribution in [0.25, 0.3) is 0 Å². The second kappa shape index (κ2) is 2.75. The van der Waals surface area contributed by atoms with Crippen LogP contribution in [-0.4, -0.2) is 17.1 Å². The first-order chi connectivity index (χ1) is 6.22. The van der Waals surface area contributed by atoms with Crippen molar-refractivity contribution < 1.29 is 0 Å². The van der Waals surface area contributed by atoms with Gasteiger partial charge in [-0.3, -0.25) is 5.73 Å². The average Bonchev–Trinajstić information content (AvgIpc) is 2.47. The van der Waals surface area contributed by atoms with E-state index in [9.17, 15) is 0 Å². The first-order valence-corrected chi connectivity index (χ1v) is 3.98. The molecule has 0 aliphatic carbocycles. The molecule has 0 aromatic carbocycles. The van der Waals surface area contributed by atoms with Gasteiger partial charge >= 0.3 is 0 Å². The van der Waals surface area contributed by atoms with Crippen LogP contribution in [0, 0.1) is 0 Å². The number of nitrogens with two attached hydrogens (primary N) is 3. The molecule has 0 amide bonds. The van der Waals surface area contributed by atoms with E-state index in [0.29, 0.717) is 12.4 Å². The number of fused-ring (bicyclic) bond motifs is 1. The van der Waals surface area contributed by atoms with Gasteiger partial charge in [-0.1, -0.05) is 0 Å². The summed E-state index contributed by atoms with van der Waals surface area (Å²) in [5.74, 6) is 1.23. The van der Waals surface area contributed by atoms with Crippen molar-refractivity contribution in [3.63, 3.8) is 0 Å². The minimum Gasteiger partial charge on any atom is -0.383 e. The molecule has 2 rings (SSSR count). The summed E-state index contributed by atoms with van der Waals surface area (Å²) in [6, 6.07) is 0. The fraction of sp³-hybridized carbons (Fsp3) is 0.286. The van der Waals surface area contributed by atoms with Crippen LogP contribution in [-0.2, 0) is 6.54 Å². The second-order valence-electron chi connectivity index (χ2n) is 2.87. The lowest BCUT2D eigenvalue weighted by Gasteiger charge is -2.18. The number of aliphatic imine (C=N–C) groups is 1. The summed E-state index contributed by atoms with van der Waals surface area (Å²) in [6.07, 6.45) is 1.33. The maximum atomic E-state index is 5.71. The summed E-state index contributed by atoms with van der Waals surface area (Å²) in [5.41, 5.74) is 18.6. The maximum absolute atomic E-state index is 5.71. The normalized spacial score (nSPS) is 20.5. The lowest BCUT2D eigenvalue weighted by Crippen LogP contribution is -2.36. The Morgan fingerprint density at radius 3 is 3.00 bits per heavy atom. The summed E-state index contributed by atoms with van der Waals surface area (Å²) in [4.78, 5) is 7.00. The highest BCUT2D eigenvalue weighted by Gasteiger charge is 2.19. The Bertz CT molecular complexity index is 352. The number of nitrogens with one attached hydrogen (secondary N) is 2. The molecule has 70 valence electrons. The van der Waals surface area contributed by atoms with Crippen molar-refractivity contribution in [2.24, 2.45) is 22.2 Å². The van der Waals surface area contributed by atoms with Crippen molar-refractivity contribution in [3.8, 4) is 0 Å². The maximum Gasteiger partial charge on any atom is 0.174 e. The zero-order valence-electron chi connectivity index (χ0n) is 7.04. The summed E-state index contributed by atoms with van der Waals surface area (Å²) in [6.45, 7) is 0.430. The van der Waals surface area contributed by atoms with Crippen molar-refractivity contribution in [1.82, 2.24) is 4.98 Å². The summed E-state index contributed by atoms with van der Waals surface area (Å²) in [5, 5.41) is 2.94. The molecule has 2 heterocycles. The van der Waals surface area contributed by atoms with E-state index in [-0.39, 0.29) is 0 Å². The van der Waals surface area contributed by atoms with Crippen molar-refractivity contribution in [2.75, 3.05) is 5.32 Å². The van der Waals surface area contributed by atoms with E-state index >= 15 is 0 Å². The molecule has 0 bridgehead atoms. The Labute approximate surface area is 75.2 Å². The molecule has 1 atom stereocenters. The van der Waals surface area contributed by atoms with Crippen molar-refractivity contribution in [2.45, 2.75) is 12.8 Å². The van der Waals surface area contributed by atoms with E-state index in [0.717, 1.165) is 16.9 Å². The van der Waals surface area contributed by atoms with Crippen molar-refractivity contribution >= 4 is 11.7 Å². The zero-order valence-corrected chi connectivity index (χ0v) is 7.04. The van der Waals surface area contributed by atoms with Crippen molar-refractivity contribution in [1.29, 1.82) is 0 Å². The van der Waals surface area contributed by atoms with Crippen LogP contribution in [0.15, 0.2) is 11.2 Å². The molecular weight excluding hydrogens is 168 g/mol. The average molecular weight is 180 g/mol. The molecule has 6 nitrogen and oxygen atoms in total. The lowest BCUT2D eigenvalue weighted by atomic mass is 10.1. The van der Waals surface area contributed by atoms with E-state index in [4.69, 9.17) is 17.2 Å². The number of amidine groups is 1. The van der Waals surface area contributed by atoms with E-state index < -0.39 is 6.29 Å². The highest BCUT2D eigenvalue weighted by atomic mass is 15.2. The highest BCUT2D eigenvalue weighted by molar-refractivity contribution is 6.04. The summed E-state index contributed by atoms with van der Waals surface area (Å²) < 4.78 is 0. The molecule has 8 N–H and O–H groups in total. The van der Waals surface area contributed by atoms with Gasteiger partial charge in [0.15, 0.2) is 6.29 Å². The van der Waals surface area contributed by atoms with Gasteiger partial charge in [0.05, 0.1) is 5.56 Å². The van der Waals surface area contributed by atoms with Gasteiger partial charge in [-0.25, -0.2) is 4.99 Å². The van der Waals surface area contributed by atoms with Gasteiger partial charge in [0, 0.05) is 12.7 Å². The number of hydrogen-bond donors (Lipinski definition) is 5. The van der Waals surface area contributed by atoms with Gasteiger partial charge < -0.3 is 21.8 Å². The summed E-state index contributed by atoms with van der Waals surface area (Å²) in [7, 11) is 0. The molecular formula is C7H12N6. The second-order valence-corrected chi connectivity index (χ2v) is 2.87. The topological polar surface area (TPSA) is 118 Å². The predicted molar refractivity (Wildman–Crippen MR) is 51.0 cm³/mol. The number of hydrogen-bond acceptors (Lipinski definition) is 5. The first-order valence-electron chi connectivity index (χ1n) is 3.98. The van der Waals surface area contributed by atoms with Gasteiger partial charge in [0.1, 0.15) is 11.7 Å². The minimum absolute atomic E-state index is 0.430. The van der Waals surface area contributed by atoms with Crippen LogP contribution in [0.2, 0.25) is 0 Å². The largest absolute Gasteiger partial charge is 0.383 e. The van der Waals surface area contributed by atoms with Crippen LogP contribution < -0.4 is 22.5 Å². The number of aromatic nitrogens is 1. The van der Waals surface area contributed by atoms with Crippen LogP contribution in [0.4, 0.5) is 5.82 Å². The molecule has 1 unspecified atom stereocenters. The Balaban J connectivity index is 2.51. The molecule has 13 heavy (non-hydrogen) atoms. The number of rotatable bonds is 1. The Hall–Kier alpha value is -1.53. The number of H-pyrrole nitrogens is 1. The molecule has 1 aromatic heterocycles. The Morgan fingerprint density at radius 1 is 1.54 bits per heavy atom. The molecule has 1 aliphatic rings. The molecule has 0 fully saturated rings. The minimum atomic E-state index is -0.475. The third kappa shape index (κ3) is 1.16. The standard InChI is InChI=1S/C7H12N6/c8-1-3-2-11-6-4(3)5(9)12-7(10)13-6/h2,7,11,13H,1,8,10H2,(H2,9,12). The lowest BCUT2D eigenvalue weighted by molar-refractivity contribution is 0.793. The monoisotopic (exact) mass is 180 g/mol. The van der Waals surface area contributed by atoms with E-state index in [2.05, 4.69) is 15.3 Å². The molecule has 1 aromatic rings. The Morgan fingerprint density at radius 2 is 2.31 bits per heavy atom.